The molecule has 0 saturated heterocycles. The second-order valence-corrected chi connectivity index (χ2v) is 5.74. The topological polar surface area (TPSA) is 34.1 Å². The number of thiazole rings is 1. The van der Waals surface area contributed by atoms with Gasteiger partial charge in [-0.1, -0.05) is 18.5 Å². The normalized spacial score (nSPS) is 12.3. The lowest BCUT2D eigenvalue weighted by Gasteiger charge is -2.18. The largest absolute Gasteiger partial charge is 0.496 e. The highest BCUT2D eigenvalue weighted by molar-refractivity contribution is 7.07. The molecule has 3 nitrogen and oxygen atoms in total. The highest BCUT2D eigenvalue weighted by Crippen LogP contribution is 2.27. The van der Waals surface area contributed by atoms with Gasteiger partial charge >= 0.3 is 0 Å². The maximum atomic E-state index is 6.10. The van der Waals surface area contributed by atoms with E-state index in [2.05, 4.69) is 22.6 Å². The summed E-state index contributed by atoms with van der Waals surface area (Å²) in [5.41, 5.74) is 4.04. The third kappa shape index (κ3) is 3.95. The zero-order chi connectivity index (χ0) is 14.4. The molecule has 0 fully saturated rings. The molecule has 0 amide bonds. The molecule has 0 saturated carbocycles. The third-order valence-electron chi connectivity index (χ3n) is 3.12. The number of hydrogen-bond donors (Lipinski definition) is 1. The maximum absolute atomic E-state index is 6.10. The first-order valence-electron chi connectivity index (χ1n) is 6.68. The fourth-order valence-electron chi connectivity index (χ4n) is 2.12. The van der Waals surface area contributed by atoms with E-state index in [9.17, 15) is 0 Å². The summed E-state index contributed by atoms with van der Waals surface area (Å²) in [4.78, 5) is 4.43. The zero-order valence-electron chi connectivity index (χ0n) is 11.7. The third-order valence-corrected chi connectivity index (χ3v) is 3.96. The van der Waals surface area contributed by atoms with E-state index in [-0.39, 0.29) is 6.04 Å². The molecule has 1 atom stereocenters. The summed E-state index contributed by atoms with van der Waals surface area (Å²) < 4.78 is 5.42. The van der Waals surface area contributed by atoms with Crippen LogP contribution < -0.4 is 10.1 Å². The molecule has 108 valence electrons. The molecule has 2 rings (SSSR count). The Balaban J connectivity index is 2.21. The van der Waals surface area contributed by atoms with Crippen molar-refractivity contribution in [1.29, 1.82) is 0 Å². The second-order valence-electron chi connectivity index (χ2n) is 4.58. The number of methoxy groups -OCH3 is 1. The van der Waals surface area contributed by atoms with Gasteiger partial charge in [-0.25, -0.2) is 4.98 Å². The Hall–Kier alpha value is -1.10. The second kappa shape index (κ2) is 7.62. The van der Waals surface area contributed by atoms with Crippen molar-refractivity contribution in [1.82, 2.24) is 10.3 Å². The molecule has 5 heteroatoms. The van der Waals surface area contributed by atoms with Gasteiger partial charge in [0.2, 0.25) is 0 Å². The Morgan fingerprint density at radius 3 is 2.95 bits per heavy atom. The van der Waals surface area contributed by atoms with E-state index >= 15 is 0 Å². The number of halogens is 1. The summed E-state index contributed by atoms with van der Waals surface area (Å²) >= 11 is 7.71. The maximum Gasteiger partial charge on any atom is 0.122 e. The molecule has 0 aliphatic rings. The van der Waals surface area contributed by atoms with Crippen LogP contribution >= 0.6 is 22.9 Å². The highest BCUT2D eigenvalue weighted by atomic mass is 35.5. The van der Waals surface area contributed by atoms with E-state index in [1.54, 1.807) is 18.4 Å². The van der Waals surface area contributed by atoms with Crippen LogP contribution in [0, 0.1) is 0 Å². The smallest absolute Gasteiger partial charge is 0.122 e. The van der Waals surface area contributed by atoms with Gasteiger partial charge in [-0.2, -0.15) is 0 Å². The number of hydrogen-bond acceptors (Lipinski definition) is 4. The van der Waals surface area contributed by atoms with Crippen LogP contribution in [0.1, 0.15) is 30.6 Å². The Morgan fingerprint density at radius 2 is 2.30 bits per heavy atom. The molecule has 1 N–H and O–H groups in total. The predicted molar refractivity (Wildman–Crippen MR) is 84.9 cm³/mol. The molecule has 1 aromatic heterocycles. The van der Waals surface area contributed by atoms with Gasteiger partial charge in [-0.3, -0.25) is 0 Å². The summed E-state index contributed by atoms with van der Waals surface area (Å²) in [5.74, 6) is 0.868. The van der Waals surface area contributed by atoms with Crippen molar-refractivity contribution in [2.24, 2.45) is 0 Å². The zero-order valence-corrected chi connectivity index (χ0v) is 13.3. The van der Waals surface area contributed by atoms with Crippen molar-refractivity contribution in [2.45, 2.75) is 25.8 Å². The number of rotatable bonds is 7. The van der Waals surface area contributed by atoms with Gasteiger partial charge in [0, 0.05) is 10.4 Å². The molecule has 1 unspecified atom stereocenters. The molecule has 1 aromatic carbocycles. The summed E-state index contributed by atoms with van der Waals surface area (Å²) in [6, 6.07) is 5.91. The average molecular weight is 311 g/mol. The molecule has 0 bridgehead atoms. The SMILES string of the molecule is CCCNC(Cc1cc(Cl)ccc1OC)c1cscn1. The van der Waals surface area contributed by atoms with Crippen LogP contribution in [-0.2, 0) is 6.42 Å². The Morgan fingerprint density at radius 1 is 1.45 bits per heavy atom. The van der Waals surface area contributed by atoms with E-state index in [1.807, 2.05) is 23.7 Å². The molecule has 0 aliphatic heterocycles. The molecule has 0 radical (unpaired) electrons. The Labute approximate surface area is 129 Å². The molecular formula is C15H19ClN2OS. The van der Waals surface area contributed by atoms with Crippen LogP contribution in [0.2, 0.25) is 5.02 Å². The van der Waals surface area contributed by atoms with E-state index < -0.39 is 0 Å². The van der Waals surface area contributed by atoms with Crippen molar-refractivity contribution in [3.05, 3.63) is 45.4 Å². The van der Waals surface area contributed by atoms with Gasteiger partial charge in [-0.05, 0) is 43.1 Å². The molecule has 0 spiro atoms. The minimum Gasteiger partial charge on any atom is -0.496 e. The summed E-state index contributed by atoms with van der Waals surface area (Å²) in [6.07, 6.45) is 1.90. The van der Waals surface area contributed by atoms with Gasteiger partial charge in [0.15, 0.2) is 0 Å². The standard InChI is InChI=1S/C15H19ClN2OS/c1-3-6-17-13(14-9-20-10-18-14)8-11-7-12(16)4-5-15(11)19-2/h4-5,7,9-10,13,17H,3,6,8H2,1-2H3. The summed E-state index contributed by atoms with van der Waals surface area (Å²) in [6.45, 7) is 3.12. The lowest BCUT2D eigenvalue weighted by atomic mass is 10.0. The van der Waals surface area contributed by atoms with E-state index in [1.165, 1.54) is 0 Å². The van der Waals surface area contributed by atoms with Crippen molar-refractivity contribution in [2.75, 3.05) is 13.7 Å². The first-order valence-corrected chi connectivity index (χ1v) is 8.00. The summed E-state index contributed by atoms with van der Waals surface area (Å²) in [7, 11) is 1.68. The van der Waals surface area contributed by atoms with Crippen LogP contribution in [0.25, 0.3) is 0 Å². The monoisotopic (exact) mass is 310 g/mol. The predicted octanol–water partition coefficient (Wildman–Crippen LogP) is 4.09. The van der Waals surface area contributed by atoms with Gasteiger partial charge in [0.1, 0.15) is 5.75 Å². The lowest BCUT2D eigenvalue weighted by Crippen LogP contribution is -2.24. The Kier molecular flexibility index (Phi) is 5.83. The van der Waals surface area contributed by atoms with Crippen LogP contribution in [0.5, 0.6) is 5.75 Å². The molecular weight excluding hydrogens is 292 g/mol. The van der Waals surface area contributed by atoms with Crippen LogP contribution in [0.4, 0.5) is 0 Å². The lowest BCUT2D eigenvalue weighted by molar-refractivity contribution is 0.405. The Bertz CT molecular complexity index is 531. The van der Waals surface area contributed by atoms with Crippen LogP contribution in [0.3, 0.4) is 0 Å². The minimum atomic E-state index is 0.188. The van der Waals surface area contributed by atoms with E-state index in [0.29, 0.717) is 0 Å². The molecule has 20 heavy (non-hydrogen) atoms. The van der Waals surface area contributed by atoms with E-state index in [0.717, 1.165) is 41.4 Å². The molecule has 0 aliphatic carbocycles. The summed E-state index contributed by atoms with van der Waals surface area (Å²) in [5, 5.41) is 6.35. The molecule has 2 aromatic rings. The van der Waals surface area contributed by atoms with Gasteiger partial charge in [-0.15, -0.1) is 11.3 Å². The average Bonchev–Trinajstić information content (AvgIpc) is 2.97. The molecule has 1 heterocycles. The van der Waals surface area contributed by atoms with Crippen molar-refractivity contribution >= 4 is 22.9 Å². The highest BCUT2D eigenvalue weighted by Gasteiger charge is 2.16. The van der Waals surface area contributed by atoms with Crippen LogP contribution in [-0.4, -0.2) is 18.6 Å². The quantitative estimate of drug-likeness (QED) is 0.836. The van der Waals surface area contributed by atoms with Crippen LogP contribution in [0.15, 0.2) is 29.1 Å². The number of ether oxygens (including phenoxy) is 1. The van der Waals surface area contributed by atoms with E-state index in [4.69, 9.17) is 16.3 Å². The van der Waals surface area contributed by atoms with Crippen molar-refractivity contribution < 1.29 is 4.74 Å². The number of aromatic nitrogens is 1. The van der Waals surface area contributed by atoms with Gasteiger partial charge in [0.05, 0.1) is 24.4 Å². The fourth-order valence-corrected chi connectivity index (χ4v) is 2.92. The number of nitrogens with one attached hydrogen (secondary N) is 1. The van der Waals surface area contributed by atoms with Crippen molar-refractivity contribution in [3.8, 4) is 5.75 Å². The first kappa shape index (κ1) is 15.3. The van der Waals surface area contributed by atoms with Crippen molar-refractivity contribution in [3.63, 3.8) is 0 Å². The minimum absolute atomic E-state index is 0.188. The fraction of sp³-hybridized carbons (Fsp3) is 0.400. The number of benzene rings is 1. The van der Waals surface area contributed by atoms with Gasteiger partial charge < -0.3 is 10.1 Å². The first-order chi connectivity index (χ1) is 9.74. The van der Waals surface area contributed by atoms with Gasteiger partial charge in [0.25, 0.3) is 0 Å². The number of nitrogens with zero attached hydrogens (tertiary/aromatic N) is 1.